The number of nitrogens with zero attached hydrogens (tertiary/aromatic N) is 2. The maximum absolute atomic E-state index is 3.55. The number of piperazine rings is 1. The molecule has 0 atom stereocenters. The van der Waals surface area contributed by atoms with Crippen LogP contribution in [0.1, 0.15) is 24.5 Å². The topological polar surface area (TPSA) is 18.5 Å². The van der Waals surface area contributed by atoms with Crippen LogP contribution in [0.3, 0.4) is 0 Å². The van der Waals surface area contributed by atoms with E-state index in [2.05, 4.69) is 40.2 Å². The molecule has 104 valence electrons. The van der Waals surface area contributed by atoms with Gasteiger partial charge in [-0.05, 0) is 30.5 Å². The number of fused-ring (bicyclic) bond motifs is 1. The molecule has 1 N–H and O–H groups in total. The molecule has 1 aromatic carbocycles. The van der Waals surface area contributed by atoms with Gasteiger partial charge in [0, 0.05) is 45.0 Å². The van der Waals surface area contributed by atoms with Crippen molar-refractivity contribution < 1.29 is 0 Å². The zero-order valence-electron chi connectivity index (χ0n) is 12.0. The van der Waals surface area contributed by atoms with Crippen LogP contribution < -0.4 is 5.32 Å². The minimum absolute atomic E-state index is 1.11. The van der Waals surface area contributed by atoms with E-state index < -0.39 is 0 Å². The second-order valence-corrected chi connectivity index (χ2v) is 5.75. The van der Waals surface area contributed by atoms with Crippen molar-refractivity contribution in [1.82, 2.24) is 9.80 Å². The van der Waals surface area contributed by atoms with Crippen LogP contribution in [0.25, 0.3) is 0 Å². The quantitative estimate of drug-likeness (QED) is 0.894. The highest BCUT2D eigenvalue weighted by Crippen LogP contribution is 2.27. The Kier molecular flexibility index (Phi) is 4.04. The van der Waals surface area contributed by atoms with Crippen molar-refractivity contribution in [3.8, 4) is 0 Å². The smallest absolute Gasteiger partial charge is 0.0419 e. The molecule has 0 aromatic heterocycles. The fourth-order valence-electron chi connectivity index (χ4n) is 3.27. The van der Waals surface area contributed by atoms with Gasteiger partial charge in [-0.15, -0.1) is 0 Å². The number of para-hydroxylation sites is 1. The van der Waals surface area contributed by atoms with Gasteiger partial charge in [0.2, 0.25) is 0 Å². The average molecular weight is 259 g/mol. The van der Waals surface area contributed by atoms with E-state index in [0.717, 1.165) is 13.1 Å². The SMILES string of the molecule is CCCN1CCN(Cc2cccc3c2NCC3)CC1. The lowest BCUT2D eigenvalue weighted by atomic mass is 10.1. The largest absolute Gasteiger partial charge is 0.384 e. The third kappa shape index (κ3) is 2.93. The van der Waals surface area contributed by atoms with Crippen LogP contribution in [-0.4, -0.2) is 49.1 Å². The molecule has 2 aliphatic rings. The maximum Gasteiger partial charge on any atom is 0.0419 e. The van der Waals surface area contributed by atoms with Crippen molar-refractivity contribution >= 4 is 5.69 Å². The van der Waals surface area contributed by atoms with Crippen LogP contribution >= 0.6 is 0 Å². The predicted octanol–water partition coefficient (Wildman–Crippen LogP) is 2.18. The van der Waals surface area contributed by atoms with Gasteiger partial charge in [-0.1, -0.05) is 25.1 Å². The van der Waals surface area contributed by atoms with Crippen molar-refractivity contribution in [3.05, 3.63) is 29.3 Å². The number of benzene rings is 1. The van der Waals surface area contributed by atoms with Gasteiger partial charge < -0.3 is 10.2 Å². The minimum Gasteiger partial charge on any atom is -0.384 e. The number of anilines is 1. The highest BCUT2D eigenvalue weighted by atomic mass is 15.3. The molecule has 0 spiro atoms. The first kappa shape index (κ1) is 12.9. The van der Waals surface area contributed by atoms with Crippen LogP contribution in [0.5, 0.6) is 0 Å². The first-order valence-electron chi connectivity index (χ1n) is 7.66. The lowest BCUT2D eigenvalue weighted by Crippen LogP contribution is -2.46. The fraction of sp³-hybridized carbons (Fsp3) is 0.625. The summed E-state index contributed by atoms with van der Waals surface area (Å²) >= 11 is 0. The Hall–Kier alpha value is -1.06. The summed E-state index contributed by atoms with van der Waals surface area (Å²) in [6.45, 7) is 10.6. The number of rotatable bonds is 4. The zero-order valence-corrected chi connectivity index (χ0v) is 12.0. The van der Waals surface area contributed by atoms with Crippen molar-refractivity contribution in [2.24, 2.45) is 0 Å². The summed E-state index contributed by atoms with van der Waals surface area (Å²) in [5.41, 5.74) is 4.40. The molecule has 1 fully saturated rings. The fourth-order valence-corrected chi connectivity index (χ4v) is 3.27. The monoisotopic (exact) mass is 259 g/mol. The lowest BCUT2D eigenvalue weighted by molar-refractivity contribution is 0.127. The van der Waals surface area contributed by atoms with Gasteiger partial charge in [-0.2, -0.15) is 0 Å². The van der Waals surface area contributed by atoms with E-state index in [1.165, 1.54) is 62.4 Å². The molecule has 0 bridgehead atoms. The molecule has 0 saturated carbocycles. The van der Waals surface area contributed by atoms with Gasteiger partial charge in [0.25, 0.3) is 0 Å². The molecule has 0 amide bonds. The van der Waals surface area contributed by atoms with E-state index in [1.807, 2.05) is 0 Å². The second kappa shape index (κ2) is 5.93. The number of hydrogen-bond acceptors (Lipinski definition) is 3. The summed E-state index contributed by atoms with van der Waals surface area (Å²) < 4.78 is 0. The van der Waals surface area contributed by atoms with Gasteiger partial charge in [-0.3, -0.25) is 4.90 Å². The molecule has 1 saturated heterocycles. The molecule has 0 aliphatic carbocycles. The van der Waals surface area contributed by atoms with Gasteiger partial charge in [0.1, 0.15) is 0 Å². The molecule has 3 rings (SSSR count). The van der Waals surface area contributed by atoms with Gasteiger partial charge >= 0.3 is 0 Å². The Balaban J connectivity index is 1.60. The maximum atomic E-state index is 3.55. The standard InChI is InChI=1S/C16H25N3/c1-2-8-18-9-11-19(12-10-18)13-15-5-3-4-14-6-7-17-16(14)15/h3-5,17H,2,6-13H2,1H3. The van der Waals surface area contributed by atoms with Gasteiger partial charge in [0.05, 0.1) is 0 Å². The Morgan fingerprint density at radius 3 is 2.68 bits per heavy atom. The summed E-state index contributed by atoms with van der Waals surface area (Å²) in [6.07, 6.45) is 2.46. The molecule has 2 aliphatic heterocycles. The van der Waals surface area contributed by atoms with Crippen LogP contribution in [-0.2, 0) is 13.0 Å². The van der Waals surface area contributed by atoms with Crippen LogP contribution in [0.2, 0.25) is 0 Å². The summed E-state index contributed by atoms with van der Waals surface area (Å²) in [6, 6.07) is 6.77. The molecule has 19 heavy (non-hydrogen) atoms. The van der Waals surface area contributed by atoms with Gasteiger partial charge in [-0.25, -0.2) is 0 Å². The van der Waals surface area contributed by atoms with E-state index in [4.69, 9.17) is 0 Å². The van der Waals surface area contributed by atoms with E-state index >= 15 is 0 Å². The highest BCUT2D eigenvalue weighted by Gasteiger charge is 2.19. The summed E-state index contributed by atoms with van der Waals surface area (Å²) in [5.74, 6) is 0. The summed E-state index contributed by atoms with van der Waals surface area (Å²) in [5, 5.41) is 3.55. The molecule has 2 heterocycles. The molecule has 3 nitrogen and oxygen atoms in total. The molecular formula is C16H25N3. The van der Waals surface area contributed by atoms with Crippen molar-refractivity contribution in [1.29, 1.82) is 0 Å². The molecule has 1 aromatic rings. The lowest BCUT2D eigenvalue weighted by Gasteiger charge is -2.34. The number of hydrogen-bond donors (Lipinski definition) is 1. The van der Waals surface area contributed by atoms with Crippen molar-refractivity contribution in [2.75, 3.05) is 44.6 Å². The second-order valence-electron chi connectivity index (χ2n) is 5.75. The van der Waals surface area contributed by atoms with Gasteiger partial charge in [0.15, 0.2) is 0 Å². The van der Waals surface area contributed by atoms with E-state index in [1.54, 1.807) is 0 Å². The van der Waals surface area contributed by atoms with E-state index in [0.29, 0.717) is 0 Å². The molecular weight excluding hydrogens is 234 g/mol. The molecule has 0 unspecified atom stereocenters. The van der Waals surface area contributed by atoms with E-state index in [9.17, 15) is 0 Å². The van der Waals surface area contributed by atoms with Crippen LogP contribution in [0.15, 0.2) is 18.2 Å². The van der Waals surface area contributed by atoms with Crippen LogP contribution in [0.4, 0.5) is 5.69 Å². The molecule has 3 heteroatoms. The Bertz CT molecular complexity index is 422. The number of nitrogens with one attached hydrogen (secondary N) is 1. The first-order chi connectivity index (χ1) is 9.36. The van der Waals surface area contributed by atoms with Crippen molar-refractivity contribution in [2.45, 2.75) is 26.3 Å². The summed E-state index contributed by atoms with van der Waals surface area (Å²) in [4.78, 5) is 5.19. The van der Waals surface area contributed by atoms with Crippen molar-refractivity contribution in [3.63, 3.8) is 0 Å². The Morgan fingerprint density at radius 2 is 1.89 bits per heavy atom. The highest BCUT2D eigenvalue weighted by molar-refractivity contribution is 5.61. The zero-order chi connectivity index (χ0) is 13.1. The van der Waals surface area contributed by atoms with Crippen LogP contribution in [0, 0.1) is 0 Å². The minimum atomic E-state index is 1.11. The van der Waals surface area contributed by atoms with E-state index in [-0.39, 0.29) is 0 Å². The third-order valence-electron chi connectivity index (χ3n) is 4.33. The predicted molar refractivity (Wildman–Crippen MR) is 80.6 cm³/mol. The third-order valence-corrected chi connectivity index (χ3v) is 4.33. The normalized spacial score (nSPS) is 20.3. The first-order valence-corrected chi connectivity index (χ1v) is 7.66. The average Bonchev–Trinajstić information content (AvgIpc) is 2.91. The Morgan fingerprint density at radius 1 is 1.11 bits per heavy atom. The Labute approximate surface area is 116 Å². The summed E-state index contributed by atoms with van der Waals surface area (Å²) in [7, 11) is 0. The molecule has 0 radical (unpaired) electrons.